The molecule has 5 nitrogen and oxygen atoms in total. The number of aliphatic hydroxyl groups is 1. The van der Waals surface area contributed by atoms with E-state index >= 15 is 0 Å². The highest BCUT2D eigenvalue weighted by Gasteiger charge is 2.15. The van der Waals surface area contributed by atoms with Crippen LogP contribution >= 0.6 is 0 Å². The molecule has 1 unspecified atom stereocenters. The largest absolute Gasteiger partial charge is 0.396 e. The molecule has 0 bridgehead atoms. The second-order valence-electron chi connectivity index (χ2n) is 3.89. The summed E-state index contributed by atoms with van der Waals surface area (Å²) in [6, 6.07) is 7.38. The monoisotopic (exact) mass is 233 g/mol. The normalized spacial score (nSPS) is 12.6. The van der Waals surface area contributed by atoms with Crippen molar-refractivity contribution in [2.45, 2.75) is 19.4 Å². The third-order valence-corrected chi connectivity index (χ3v) is 2.59. The highest BCUT2D eigenvalue weighted by Crippen LogP contribution is 2.21. The van der Waals surface area contributed by atoms with E-state index in [1.807, 2.05) is 31.2 Å². The van der Waals surface area contributed by atoms with E-state index in [1.54, 1.807) is 0 Å². The first-order valence-electron chi connectivity index (χ1n) is 5.48. The molecule has 17 heavy (non-hydrogen) atoms. The standard InChI is InChI=1S/C12H15N3O2/c1-8-4-2-3-5-9(8)11-14-12(17-15-11)10(13)6-7-16/h2-5,10,16H,6-7,13H2,1H3. The minimum Gasteiger partial charge on any atom is -0.396 e. The van der Waals surface area contributed by atoms with Gasteiger partial charge in [0.15, 0.2) is 0 Å². The first-order chi connectivity index (χ1) is 8.22. The number of rotatable bonds is 4. The van der Waals surface area contributed by atoms with Gasteiger partial charge in [0.25, 0.3) is 0 Å². The van der Waals surface area contributed by atoms with Gasteiger partial charge in [0.05, 0.1) is 6.04 Å². The fourth-order valence-corrected chi connectivity index (χ4v) is 1.58. The van der Waals surface area contributed by atoms with Crippen molar-refractivity contribution < 1.29 is 9.63 Å². The molecule has 1 aromatic heterocycles. The highest BCUT2D eigenvalue weighted by atomic mass is 16.5. The van der Waals surface area contributed by atoms with E-state index in [0.717, 1.165) is 11.1 Å². The van der Waals surface area contributed by atoms with Crippen LogP contribution in [0.3, 0.4) is 0 Å². The van der Waals surface area contributed by atoms with Gasteiger partial charge in [-0.25, -0.2) is 0 Å². The Labute approximate surface area is 99.3 Å². The van der Waals surface area contributed by atoms with Crippen LogP contribution in [-0.2, 0) is 0 Å². The predicted octanol–water partition coefficient (Wildman–Crippen LogP) is 1.43. The van der Waals surface area contributed by atoms with Crippen molar-refractivity contribution in [2.24, 2.45) is 5.73 Å². The van der Waals surface area contributed by atoms with Gasteiger partial charge in [0.1, 0.15) is 0 Å². The summed E-state index contributed by atoms with van der Waals surface area (Å²) in [5.74, 6) is 0.892. The molecule has 0 aliphatic carbocycles. The van der Waals surface area contributed by atoms with Gasteiger partial charge in [-0.1, -0.05) is 29.4 Å². The summed E-state index contributed by atoms with van der Waals surface area (Å²) in [6.45, 7) is 1.99. The zero-order valence-corrected chi connectivity index (χ0v) is 9.63. The topological polar surface area (TPSA) is 85.2 Å². The Kier molecular flexibility index (Phi) is 3.51. The molecule has 90 valence electrons. The minimum absolute atomic E-state index is 0.00322. The second kappa shape index (κ2) is 5.07. The van der Waals surface area contributed by atoms with Crippen LogP contribution in [0.5, 0.6) is 0 Å². The zero-order valence-electron chi connectivity index (χ0n) is 9.63. The highest BCUT2D eigenvalue weighted by molar-refractivity contribution is 5.58. The Bertz CT molecular complexity index is 496. The maximum absolute atomic E-state index is 8.80. The van der Waals surface area contributed by atoms with E-state index in [9.17, 15) is 0 Å². The van der Waals surface area contributed by atoms with Crippen molar-refractivity contribution in [3.63, 3.8) is 0 Å². The lowest BCUT2D eigenvalue weighted by atomic mass is 10.1. The van der Waals surface area contributed by atoms with E-state index in [4.69, 9.17) is 15.4 Å². The number of aryl methyl sites for hydroxylation is 1. The molecule has 0 spiro atoms. The quantitative estimate of drug-likeness (QED) is 0.834. The van der Waals surface area contributed by atoms with E-state index in [-0.39, 0.29) is 6.61 Å². The number of nitrogens with two attached hydrogens (primary N) is 1. The SMILES string of the molecule is Cc1ccccc1-c1noc(C(N)CCO)n1. The average Bonchev–Trinajstić information content (AvgIpc) is 2.79. The number of aliphatic hydroxyl groups excluding tert-OH is 1. The summed E-state index contributed by atoms with van der Waals surface area (Å²) < 4.78 is 5.09. The molecule has 5 heteroatoms. The van der Waals surface area contributed by atoms with Crippen LogP contribution in [0.1, 0.15) is 23.9 Å². The molecule has 2 rings (SSSR count). The molecule has 1 heterocycles. The average molecular weight is 233 g/mol. The van der Waals surface area contributed by atoms with E-state index in [2.05, 4.69) is 10.1 Å². The molecule has 1 atom stereocenters. The van der Waals surface area contributed by atoms with Crippen molar-refractivity contribution in [3.8, 4) is 11.4 Å². The minimum atomic E-state index is -0.412. The van der Waals surface area contributed by atoms with Gasteiger partial charge < -0.3 is 15.4 Å². The summed E-state index contributed by atoms with van der Waals surface area (Å²) in [7, 11) is 0. The molecule has 0 radical (unpaired) electrons. The van der Waals surface area contributed by atoms with Crippen LogP contribution in [0.2, 0.25) is 0 Å². The Morgan fingerprint density at radius 1 is 1.41 bits per heavy atom. The first-order valence-corrected chi connectivity index (χ1v) is 5.48. The lowest BCUT2D eigenvalue weighted by molar-refractivity contribution is 0.259. The van der Waals surface area contributed by atoms with Crippen LogP contribution in [0.25, 0.3) is 11.4 Å². The summed E-state index contributed by atoms with van der Waals surface area (Å²) in [4.78, 5) is 4.25. The van der Waals surface area contributed by atoms with Gasteiger partial charge in [-0.2, -0.15) is 4.98 Å². The van der Waals surface area contributed by atoms with Crippen LogP contribution in [0.15, 0.2) is 28.8 Å². The van der Waals surface area contributed by atoms with Crippen molar-refractivity contribution >= 4 is 0 Å². The number of benzene rings is 1. The second-order valence-corrected chi connectivity index (χ2v) is 3.89. The van der Waals surface area contributed by atoms with Crippen LogP contribution in [0, 0.1) is 6.92 Å². The van der Waals surface area contributed by atoms with Gasteiger partial charge in [-0.3, -0.25) is 0 Å². The molecule has 0 aliphatic rings. The van der Waals surface area contributed by atoms with Crippen LogP contribution in [0.4, 0.5) is 0 Å². The number of aromatic nitrogens is 2. The van der Waals surface area contributed by atoms with Gasteiger partial charge in [0, 0.05) is 12.2 Å². The molecule has 3 N–H and O–H groups in total. The molecule has 1 aromatic carbocycles. The van der Waals surface area contributed by atoms with Crippen LogP contribution < -0.4 is 5.73 Å². The smallest absolute Gasteiger partial charge is 0.243 e. The molecular formula is C12H15N3O2. The Morgan fingerprint density at radius 3 is 2.88 bits per heavy atom. The Morgan fingerprint density at radius 2 is 2.18 bits per heavy atom. The van der Waals surface area contributed by atoms with E-state index in [0.29, 0.717) is 18.1 Å². The summed E-state index contributed by atoms with van der Waals surface area (Å²) in [5, 5.41) is 12.7. The maximum atomic E-state index is 8.80. The summed E-state index contributed by atoms with van der Waals surface area (Å²) in [6.07, 6.45) is 0.412. The molecule has 0 amide bonds. The van der Waals surface area contributed by atoms with Gasteiger partial charge in [0.2, 0.25) is 11.7 Å². The third-order valence-electron chi connectivity index (χ3n) is 2.59. The Balaban J connectivity index is 2.27. The molecule has 0 saturated carbocycles. The van der Waals surface area contributed by atoms with Crippen LogP contribution in [-0.4, -0.2) is 21.9 Å². The number of hydrogen-bond acceptors (Lipinski definition) is 5. The fourth-order valence-electron chi connectivity index (χ4n) is 1.58. The number of hydrogen-bond donors (Lipinski definition) is 2. The third kappa shape index (κ3) is 2.51. The zero-order chi connectivity index (χ0) is 12.3. The number of nitrogens with zero attached hydrogens (tertiary/aromatic N) is 2. The molecule has 0 fully saturated rings. The van der Waals surface area contributed by atoms with Crippen molar-refractivity contribution in [1.29, 1.82) is 0 Å². The summed E-state index contributed by atoms with van der Waals surface area (Å²) in [5.41, 5.74) is 7.79. The fraction of sp³-hybridized carbons (Fsp3) is 0.333. The van der Waals surface area contributed by atoms with Gasteiger partial charge in [-0.05, 0) is 18.9 Å². The lowest BCUT2D eigenvalue weighted by Gasteiger charge is -2.02. The van der Waals surface area contributed by atoms with Gasteiger partial charge >= 0.3 is 0 Å². The Hall–Kier alpha value is -1.72. The summed E-state index contributed by atoms with van der Waals surface area (Å²) >= 11 is 0. The maximum Gasteiger partial charge on any atom is 0.243 e. The molecular weight excluding hydrogens is 218 g/mol. The van der Waals surface area contributed by atoms with E-state index in [1.165, 1.54) is 0 Å². The van der Waals surface area contributed by atoms with Gasteiger partial charge in [-0.15, -0.1) is 0 Å². The predicted molar refractivity (Wildman–Crippen MR) is 63.1 cm³/mol. The van der Waals surface area contributed by atoms with Crippen molar-refractivity contribution in [1.82, 2.24) is 10.1 Å². The molecule has 0 aliphatic heterocycles. The molecule has 0 saturated heterocycles. The molecule has 2 aromatic rings. The van der Waals surface area contributed by atoms with Crippen molar-refractivity contribution in [2.75, 3.05) is 6.61 Å². The lowest BCUT2D eigenvalue weighted by Crippen LogP contribution is -2.12. The van der Waals surface area contributed by atoms with Crippen molar-refractivity contribution in [3.05, 3.63) is 35.7 Å². The first kappa shape index (κ1) is 11.8. The van der Waals surface area contributed by atoms with E-state index < -0.39 is 6.04 Å².